The molecule has 0 aromatic heterocycles. The topological polar surface area (TPSA) is 39.7 Å². The van der Waals surface area contributed by atoms with Crippen molar-refractivity contribution in [1.29, 1.82) is 0 Å². The molecular formula is C15H25NO3. The highest BCUT2D eigenvalue weighted by Crippen LogP contribution is 2.22. The fourth-order valence-electron chi connectivity index (χ4n) is 1.75. The Labute approximate surface area is 116 Å². The van der Waals surface area contributed by atoms with Gasteiger partial charge < -0.3 is 19.5 Å². The molecule has 4 nitrogen and oxygen atoms in total. The monoisotopic (exact) mass is 267 g/mol. The molecule has 4 heteroatoms. The number of hydrogen-bond donors (Lipinski definition) is 1. The van der Waals surface area contributed by atoms with E-state index in [0.29, 0.717) is 0 Å². The normalized spacial score (nSPS) is 10.5. The van der Waals surface area contributed by atoms with Gasteiger partial charge in [-0.1, -0.05) is 6.92 Å². The van der Waals surface area contributed by atoms with Gasteiger partial charge in [0, 0.05) is 25.8 Å². The molecule has 0 atom stereocenters. The molecule has 0 unspecified atom stereocenters. The number of nitrogens with one attached hydrogen (secondary N) is 1. The SMILES string of the molecule is CCCOCCCNCc1cc(OC)cc(OC)c1. The molecule has 1 N–H and O–H groups in total. The van der Waals surface area contributed by atoms with Crippen LogP contribution in [-0.4, -0.2) is 34.0 Å². The van der Waals surface area contributed by atoms with Crippen LogP contribution in [0.4, 0.5) is 0 Å². The van der Waals surface area contributed by atoms with Crippen molar-refractivity contribution in [2.24, 2.45) is 0 Å². The van der Waals surface area contributed by atoms with Crippen LogP contribution >= 0.6 is 0 Å². The Balaban J connectivity index is 2.28. The standard InChI is InChI=1S/C15H25NO3/c1-4-7-19-8-5-6-16-12-13-9-14(17-2)11-15(10-13)18-3/h9-11,16H,4-8,12H2,1-3H3. The lowest BCUT2D eigenvalue weighted by Crippen LogP contribution is -2.16. The van der Waals surface area contributed by atoms with E-state index in [0.717, 1.165) is 56.2 Å². The van der Waals surface area contributed by atoms with Gasteiger partial charge in [-0.05, 0) is 37.1 Å². The lowest BCUT2D eigenvalue weighted by Gasteiger charge is -2.09. The summed E-state index contributed by atoms with van der Waals surface area (Å²) < 4.78 is 15.9. The first-order chi connectivity index (χ1) is 9.30. The lowest BCUT2D eigenvalue weighted by molar-refractivity contribution is 0.132. The Kier molecular flexibility index (Phi) is 8.02. The van der Waals surface area contributed by atoms with Crippen molar-refractivity contribution in [3.8, 4) is 11.5 Å². The molecule has 0 radical (unpaired) electrons. The van der Waals surface area contributed by atoms with Crippen molar-refractivity contribution >= 4 is 0 Å². The van der Waals surface area contributed by atoms with Crippen LogP contribution in [0.15, 0.2) is 18.2 Å². The molecule has 0 bridgehead atoms. The summed E-state index contributed by atoms with van der Waals surface area (Å²) in [5.74, 6) is 1.64. The predicted molar refractivity (Wildman–Crippen MR) is 77.0 cm³/mol. The van der Waals surface area contributed by atoms with Gasteiger partial charge in [0.25, 0.3) is 0 Å². The van der Waals surface area contributed by atoms with Crippen LogP contribution in [0.5, 0.6) is 11.5 Å². The minimum absolute atomic E-state index is 0.807. The molecule has 1 aromatic rings. The maximum atomic E-state index is 5.43. The van der Waals surface area contributed by atoms with E-state index >= 15 is 0 Å². The van der Waals surface area contributed by atoms with E-state index in [4.69, 9.17) is 14.2 Å². The van der Waals surface area contributed by atoms with E-state index in [1.54, 1.807) is 14.2 Å². The third kappa shape index (κ3) is 6.45. The molecule has 1 rings (SSSR count). The highest BCUT2D eigenvalue weighted by atomic mass is 16.5. The minimum Gasteiger partial charge on any atom is -0.497 e. The van der Waals surface area contributed by atoms with E-state index < -0.39 is 0 Å². The summed E-state index contributed by atoms with van der Waals surface area (Å²) >= 11 is 0. The van der Waals surface area contributed by atoms with E-state index in [9.17, 15) is 0 Å². The Morgan fingerprint density at radius 3 is 2.26 bits per heavy atom. The second-order valence-electron chi connectivity index (χ2n) is 4.36. The average molecular weight is 267 g/mol. The van der Waals surface area contributed by atoms with E-state index in [-0.39, 0.29) is 0 Å². The zero-order chi connectivity index (χ0) is 13.9. The summed E-state index contributed by atoms with van der Waals surface area (Å²) in [6.07, 6.45) is 2.11. The molecule has 0 saturated heterocycles. The maximum Gasteiger partial charge on any atom is 0.122 e. The van der Waals surface area contributed by atoms with Crippen LogP contribution in [0.25, 0.3) is 0 Å². The largest absolute Gasteiger partial charge is 0.497 e. The van der Waals surface area contributed by atoms with Crippen molar-refractivity contribution < 1.29 is 14.2 Å². The number of rotatable bonds is 10. The molecule has 0 saturated carbocycles. The second kappa shape index (κ2) is 9.64. The Hall–Kier alpha value is -1.26. The first-order valence-corrected chi connectivity index (χ1v) is 6.80. The van der Waals surface area contributed by atoms with Gasteiger partial charge in [0.2, 0.25) is 0 Å². The quantitative estimate of drug-likeness (QED) is 0.661. The molecule has 19 heavy (non-hydrogen) atoms. The minimum atomic E-state index is 0.807. The Morgan fingerprint density at radius 1 is 1.00 bits per heavy atom. The average Bonchev–Trinajstić information content (AvgIpc) is 2.45. The highest BCUT2D eigenvalue weighted by Gasteiger charge is 2.01. The Morgan fingerprint density at radius 2 is 1.68 bits per heavy atom. The van der Waals surface area contributed by atoms with Gasteiger partial charge in [-0.2, -0.15) is 0 Å². The molecular weight excluding hydrogens is 242 g/mol. The van der Waals surface area contributed by atoms with Crippen molar-refractivity contribution in [3.63, 3.8) is 0 Å². The molecule has 0 aliphatic rings. The second-order valence-corrected chi connectivity index (χ2v) is 4.36. The summed E-state index contributed by atoms with van der Waals surface area (Å²) in [7, 11) is 3.33. The zero-order valence-corrected chi connectivity index (χ0v) is 12.2. The smallest absolute Gasteiger partial charge is 0.122 e. The first kappa shape index (κ1) is 15.8. The van der Waals surface area contributed by atoms with Crippen molar-refractivity contribution in [2.75, 3.05) is 34.0 Å². The number of benzene rings is 1. The Bertz CT molecular complexity index is 333. The highest BCUT2D eigenvalue weighted by molar-refractivity contribution is 5.38. The lowest BCUT2D eigenvalue weighted by atomic mass is 10.2. The molecule has 0 heterocycles. The number of methoxy groups -OCH3 is 2. The van der Waals surface area contributed by atoms with Gasteiger partial charge in [-0.25, -0.2) is 0 Å². The number of ether oxygens (including phenoxy) is 3. The third-order valence-electron chi connectivity index (χ3n) is 2.73. The third-order valence-corrected chi connectivity index (χ3v) is 2.73. The van der Waals surface area contributed by atoms with Crippen molar-refractivity contribution in [3.05, 3.63) is 23.8 Å². The molecule has 0 fully saturated rings. The molecule has 0 aliphatic heterocycles. The van der Waals surface area contributed by atoms with Crippen molar-refractivity contribution in [2.45, 2.75) is 26.3 Å². The van der Waals surface area contributed by atoms with Gasteiger partial charge in [0.15, 0.2) is 0 Å². The van der Waals surface area contributed by atoms with E-state index in [1.807, 2.05) is 18.2 Å². The molecule has 0 aliphatic carbocycles. The zero-order valence-electron chi connectivity index (χ0n) is 12.2. The summed E-state index contributed by atoms with van der Waals surface area (Å²) in [4.78, 5) is 0. The fourth-order valence-corrected chi connectivity index (χ4v) is 1.75. The van der Waals surface area contributed by atoms with Crippen LogP contribution < -0.4 is 14.8 Å². The molecule has 0 spiro atoms. The van der Waals surface area contributed by atoms with E-state index in [2.05, 4.69) is 12.2 Å². The van der Waals surface area contributed by atoms with Crippen LogP contribution in [-0.2, 0) is 11.3 Å². The van der Waals surface area contributed by atoms with E-state index in [1.165, 1.54) is 0 Å². The van der Waals surface area contributed by atoms with Crippen LogP contribution in [0, 0.1) is 0 Å². The summed E-state index contributed by atoms with van der Waals surface area (Å²) in [6, 6.07) is 5.91. The molecule has 108 valence electrons. The van der Waals surface area contributed by atoms with Crippen LogP contribution in [0.3, 0.4) is 0 Å². The maximum absolute atomic E-state index is 5.43. The predicted octanol–water partition coefficient (Wildman–Crippen LogP) is 2.61. The summed E-state index contributed by atoms with van der Waals surface area (Å²) in [6.45, 7) is 5.55. The van der Waals surface area contributed by atoms with Crippen LogP contribution in [0.1, 0.15) is 25.3 Å². The van der Waals surface area contributed by atoms with Gasteiger partial charge in [-0.15, -0.1) is 0 Å². The summed E-state index contributed by atoms with van der Waals surface area (Å²) in [5.41, 5.74) is 1.16. The molecule has 0 amide bonds. The first-order valence-electron chi connectivity index (χ1n) is 6.80. The molecule has 1 aromatic carbocycles. The summed E-state index contributed by atoms with van der Waals surface area (Å²) in [5, 5.41) is 3.39. The van der Waals surface area contributed by atoms with Gasteiger partial charge in [0.1, 0.15) is 11.5 Å². The number of hydrogen-bond acceptors (Lipinski definition) is 4. The van der Waals surface area contributed by atoms with Gasteiger partial charge in [0.05, 0.1) is 14.2 Å². The fraction of sp³-hybridized carbons (Fsp3) is 0.600. The van der Waals surface area contributed by atoms with Crippen LogP contribution in [0.2, 0.25) is 0 Å². The van der Waals surface area contributed by atoms with Crippen molar-refractivity contribution in [1.82, 2.24) is 5.32 Å². The van der Waals surface area contributed by atoms with Gasteiger partial charge >= 0.3 is 0 Å². The van der Waals surface area contributed by atoms with Gasteiger partial charge in [-0.3, -0.25) is 0 Å².